The third-order valence-corrected chi connectivity index (χ3v) is 5.08. The fourth-order valence-electron chi connectivity index (χ4n) is 3.42. The van der Waals surface area contributed by atoms with E-state index in [2.05, 4.69) is 6.92 Å². The summed E-state index contributed by atoms with van der Waals surface area (Å²) in [4.78, 5) is 25.6. The van der Waals surface area contributed by atoms with Crippen molar-refractivity contribution in [3.63, 3.8) is 0 Å². The molecule has 0 bridgehead atoms. The van der Waals surface area contributed by atoms with Crippen LogP contribution in [0.25, 0.3) is 0 Å². The van der Waals surface area contributed by atoms with E-state index < -0.39 is 48.3 Å². The van der Waals surface area contributed by atoms with E-state index in [1.165, 1.54) is 0 Å². The van der Waals surface area contributed by atoms with Crippen LogP contribution in [0.5, 0.6) is 0 Å². The molecule has 1 saturated heterocycles. The lowest BCUT2D eigenvalue weighted by atomic mass is 10.1. The fraction of sp³-hybridized carbons (Fsp3) is 0.789. The van der Waals surface area contributed by atoms with Crippen molar-refractivity contribution in [2.45, 2.75) is 82.3 Å². The van der Waals surface area contributed by atoms with Gasteiger partial charge >= 0.3 is 5.69 Å². The summed E-state index contributed by atoms with van der Waals surface area (Å²) in [6.07, 6.45) is 0.592. The zero-order valence-corrected chi connectivity index (χ0v) is 16.6. The normalized spacial score (nSPS) is 28.0. The van der Waals surface area contributed by atoms with Crippen molar-refractivity contribution in [1.29, 1.82) is 0 Å². The summed E-state index contributed by atoms with van der Waals surface area (Å²) < 4.78 is 25.9. The van der Waals surface area contributed by atoms with Crippen LogP contribution in [-0.4, -0.2) is 62.6 Å². The van der Waals surface area contributed by atoms with Crippen LogP contribution in [0.15, 0.2) is 21.9 Å². The fourth-order valence-corrected chi connectivity index (χ4v) is 3.42. The first kappa shape index (κ1) is 23.7. The van der Waals surface area contributed by atoms with Crippen molar-refractivity contribution in [3.8, 4) is 0 Å². The van der Waals surface area contributed by atoms with E-state index in [1.807, 2.05) is 4.98 Å². The van der Waals surface area contributed by atoms with E-state index in [0.717, 1.165) is 36.1 Å². The molecule has 0 saturated carbocycles. The molecule has 1 aliphatic heterocycles. The second-order valence-corrected chi connectivity index (χ2v) is 7.32. The van der Waals surface area contributed by atoms with Gasteiger partial charge in [-0.1, -0.05) is 26.2 Å². The van der Waals surface area contributed by atoms with Gasteiger partial charge in [-0.3, -0.25) is 9.78 Å². The van der Waals surface area contributed by atoms with Crippen LogP contribution in [0, 0.1) is 0 Å². The Bertz CT molecular complexity index is 740. The van der Waals surface area contributed by atoms with E-state index in [9.17, 15) is 29.3 Å². The molecular weight excluding hydrogens is 387 g/mol. The third-order valence-electron chi connectivity index (χ3n) is 5.08. The molecule has 10 heteroatoms. The SMILES string of the molecule is CCCCCC(F)CCCCO[C@@]1(n2ccc(=O)[nH]c2=O)O[C@H](CO)[C@@H](O)[C@H]1O. The Morgan fingerprint density at radius 1 is 1.28 bits per heavy atom. The van der Waals surface area contributed by atoms with E-state index in [0.29, 0.717) is 25.7 Å². The molecule has 5 atom stereocenters. The summed E-state index contributed by atoms with van der Waals surface area (Å²) in [5.74, 6) is -2.11. The van der Waals surface area contributed by atoms with E-state index in [1.54, 1.807) is 0 Å². The average molecular weight is 418 g/mol. The predicted molar refractivity (Wildman–Crippen MR) is 102 cm³/mol. The van der Waals surface area contributed by atoms with E-state index in [4.69, 9.17) is 9.47 Å². The van der Waals surface area contributed by atoms with Crippen LogP contribution in [0.2, 0.25) is 0 Å². The van der Waals surface area contributed by atoms with E-state index in [-0.39, 0.29) is 6.61 Å². The lowest BCUT2D eigenvalue weighted by molar-refractivity contribution is -0.318. The summed E-state index contributed by atoms with van der Waals surface area (Å²) in [5, 5.41) is 30.0. The van der Waals surface area contributed by atoms with Crippen molar-refractivity contribution in [2.24, 2.45) is 0 Å². The van der Waals surface area contributed by atoms with Gasteiger partial charge in [0.1, 0.15) is 18.4 Å². The first-order valence-corrected chi connectivity index (χ1v) is 10.1. The summed E-state index contributed by atoms with van der Waals surface area (Å²) in [6, 6.07) is 1.05. The smallest absolute Gasteiger partial charge is 0.332 e. The Hall–Kier alpha value is -1.59. The second-order valence-electron chi connectivity index (χ2n) is 7.32. The maximum absolute atomic E-state index is 13.9. The number of aliphatic hydroxyl groups excluding tert-OH is 3. The molecule has 1 unspecified atom stereocenters. The van der Waals surface area contributed by atoms with Gasteiger partial charge in [-0.25, -0.2) is 13.8 Å². The number of rotatable bonds is 12. The summed E-state index contributed by atoms with van der Waals surface area (Å²) in [6.45, 7) is 1.46. The number of nitrogens with one attached hydrogen (secondary N) is 1. The van der Waals surface area contributed by atoms with Gasteiger partial charge in [-0.15, -0.1) is 0 Å². The Morgan fingerprint density at radius 2 is 1.97 bits per heavy atom. The van der Waals surface area contributed by atoms with Crippen LogP contribution in [-0.2, 0) is 15.4 Å². The maximum atomic E-state index is 13.9. The van der Waals surface area contributed by atoms with Crippen LogP contribution in [0.1, 0.15) is 51.9 Å². The Labute approximate surface area is 168 Å². The number of ether oxygens (including phenoxy) is 2. The molecule has 0 radical (unpaired) electrons. The number of hydrogen-bond acceptors (Lipinski definition) is 7. The zero-order chi connectivity index (χ0) is 21.4. The summed E-state index contributed by atoms with van der Waals surface area (Å²) in [7, 11) is 0. The number of aromatic nitrogens is 2. The molecule has 0 aromatic carbocycles. The molecule has 2 rings (SSSR count). The van der Waals surface area contributed by atoms with E-state index >= 15 is 0 Å². The minimum Gasteiger partial charge on any atom is -0.394 e. The van der Waals surface area contributed by atoms with Crippen LogP contribution in [0.3, 0.4) is 0 Å². The molecule has 1 aromatic rings. The van der Waals surface area contributed by atoms with Gasteiger partial charge < -0.3 is 24.8 Å². The van der Waals surface area contributed by atoms with Crippen molar-refractivity contribution in [3.05, 3.63) is 33.1 Å². The summed E-state index contributed by atoms with van der Waals surface area (Å²) in [5.41, 5.74) is -1.55. The molecule has 0 aliphatic carbocycles. The first-order valence-electron chi connectivity index (χ1n) is 10.1. The Morgan fingerprint density at radius 3 is 2.55 bits per heavy atom. The number of unbranched alkanes of at least 4 members (excludes halogenated alkanes) is 3. The molecule has 2 heterocycles. The van der Waals surface area contributed by atoms with Crippen LogP contribution < -0.4 is 11.2 Å². The van der Waals surface area contributed by atoms with Crippen LogP contribution >= 0.6 is 0 Å². The minimum absolute atomic E-state index is 0.00910. The van der Waals surface area contributed by atoms with Crippen molar-refractivity contribution in [2.75, 3.05) is 13.2 Å². The predicted octanol–water partition coefficient (Wildman–Crippen LogP) is 0.365. The highest BCUT2D eigenvalue weighted by Gasteiger charge is 2.57. The highest BCUT2D eigenvalue weighted by atomic mass is 19.1. The molecule has 9 nitrogen and oxygen atoms in total. The quantitative estimate of drug-likeness (QED) is 0.360. The lowest BCUT2D eigenvalue weighted by Gasteiger charge is -2.33. The topological polar surface area (TPSA) is 134 Å². The maximum Gasteiger partial charge on any atom is 0.332 e. The van der Waals surface area contributed by atoms with Crippen molar-refractivity contribution < 1.29 is 29.2 Å². The molecule has 166 valence electrons. The molecule has 4 N–H and O–H groups in total. The summed E-state index contributed by atoms with van der Waals surface area (Å²) >= 11 is 0. The Balaban J connectivity index is 2.03. The zero-order valence-electron chi connectivity index (χ0n) is 16.6. The molecule has 0 amide bonds. The third kappa shape index (κ3) is 5.73. The highest BCUT2D eigenvalue weighted by molar-refractivity contribution is 4.97. The number of H-pyrrole nitrogens is 1. The van der Waals surface area contributed by atoms with Gasteiger partial charge in [0.05, 0.1) is 13.2 Å². The molecule has 0 spiro atoms. The molecule has 1 aromatic heterocycles. The first-order chi connectivity index (χ1) is 13.9. The monoisotopic (exact) mass is 418 g/mol. The molecule has 29 heavy (non-hydrogen) atoms. The number of aliphatic hydroxyl groups is 3. The number of nitrogens with zero attached hydrogens (tertiary/aromatic N) is 1. The van der Waals surface area contributed by atoms with Gasteiger partial charge in [0.15, 0.2) is 6.10 Å². The van der Waals surface area contributed by atoms with Crippen molar-refractivity contribution >= 4 is 0 Å². The van der Waals surface area contributed by atoms with Crippen LogP contribution in [0.4, 0.5) is 4.39 Å². The second kappa shape index (κ2) is 11.0. The van der Waals surface area contributed by atoms with Crippen molar-refractivity contribution in [1.82, 2.24) is 9.55 Å². The number of hydrogen-bond donors (Lipinski definition) is 4. The lowest BCUT2D eigenvalue weighted by Crippen LogP contribution is -2.53. The number of halogens is 1. The largest absolute Gasteiger partial charge is 0.394 e. The molecule has 1 aliphatic rings. The average Bonchev–Trinajstić information content (AvgIpc) is 2.93. The van der Waals surface area contributed by atoms with Gasteiger partial charge in [0.25, 0.3) is 11.5 Å². The van der Waals surface area contributed by atoms with Gasteiger partial charge in [-0.2, -0.15) is 0 Å². The number of aromatic amines is 1. The van der Waals surface area contributed by atoms with Gasteiger partial charge in [-0.05, 0) is 25.7 Å². The number of alkyl halides is 1. The highest BCUT2D eigenvalue weighted by Crippen LogP contribution is 2.36. The Kier molecular flexibility index (Phi) is 8.97. The minimum atomic E-state index is -2.11. The van der Waals surface area contributed by atoms with Gasteiger partial charge in [0, 0.05) is 12.3 Å². The standard InChI is InChI=1S/C19H31FN2O7/c1-2-3-4-7-13(20)8-5-6-11-28-19(17(26)16(25)14(12-23)29-19)22-10-9-15(24)21-18(22)27/h9-10,13-14,16-17,23,25-26H,2-8,11-12H2,1H3,(H,21,24,27)/t13?,14-,16-,17-,19-/m1/s1. The van der Waals surface area contributed by atoms with Gasteiger partial charge in [0.2, 0.25) is 0 Å². The molecular formula is C19H31FN2O7. The molecule has 1 fully saturated rings.